The average molecular weight is 301 g/mol. The Balaban J connectivity index is 2.29. The van der Waals surface area contributed by atoms with Crippen molar-refractivity contribution in [1.29, 1.82) is 0 Å². The summed E-state index contributed by atoms with van der Waals surface area (Å²) in [5.41, 5.74) is 0. The quantitative estimate of drug-likeness (QED) is 0.667. The van der Waals surface area contributed by atoms with E-state index in [9.17, 15) is 0 Å². The highest BCUT2D eigenvalue weighted by Gasteiger charge is 2.06. The minimum absolute atomic E-state index is 0.721. The van der Waals surface area contributed by atoms with Crippen molar-refractivity contribution in [2.45, 2.75) is 26.2 Å². The Hall–Kier alpha value is -0.700. The van der Waals surface area contributed by atoms with Gasteiger partial charge in [-0.3, -0.25) is 0 Å². The number of alkyl halides is 1. The van der Waals surface area contributed by atoms with Gasteiger partial charge in [0.25, 0.3) is 0 Å². The molecule has 1 unspecified atom stereocenters. The topological polar surface area (TPSA) is 18.5 Å². The van der Waals surface area contributed by atoms with Crippen LogP contribution >= 0.6 is 15.9 Å². The molecule has 0 aliphatic carbocycles. The lowest BCUT2D eigenvalue weighted by molar-refractivity contribution is 0.280. The Labute approximate surface area is 112 Å². The van der Waals surface area contributed by atoms with Crippen molar-refractivity contribution >= 4 is 15.9 Å². The molecule has 1 aromatic rings. The number of methoxy groups -OCH3 is 1. The highest BCUT2D eigenvalue weighted by Crippen LogP contribution is 2.19. The van der Waals surface area contributed by atoms with Crippen LogP contribution in [0.2, 0.25) is 0 Å². The van der Waals surface area contributed by atoms with Crippen LogP contribution in [0.5, 0.6) is 11.5 Å². The zero-order chi connectivity index (χ0) is 12.5. The molecule has 0 spiro atoms. The molecule has 0 saturated heterocycles. The Morgan fingerprint density at radius 1 is 1.12 bits per heavy atom. The summed E-state index contributed by atoms with van der Waals surface area (Å²) in [5.74, 6) is 2.50. The van der Waals surface area contributed by atoms with E-state index in [0.717, 1.165) is 35.8 Å². The van der Waals surface area contributed by atoms with Crippen molar-refractivity contribution in [3.05, 3.63) is 24.3 Å². The minimum atomic E-state index is 0.721. The largest absolute Gasteiger partial charge is 0.497 e. The molecule has 1 atom stereocenters. The first-order valence-corrected chi connectivity index (χ1v) is 7.25. The fourth-order valence-corrected chi connectivity index (χ4v) is 2.37. The average Bonchev–Trinajstić information content (AvgIpc) is 2.38. The van der Waals surface area contributed by atoms with Crippen LogP contribution in [0.4, 0.5) is 0 Å². The molecule has 0 aromatic heterocycles. The molecule has 0 bridgehead atoms. The predicted molar refractivity (Wildman–Crippen MR) is 75.3 cm³/mol. The van der Waals surface area contributed by atoms with Gasteiger partial charge < -0.3 is 9.47 Å². The van der Waals surface area contributed by atoms with Gasteiger partial charge in [0.2, 0.25) is 0 Å². The predicted octanol–water partition coefficient (Wildman–Crippen LogP) is 4.28. The molecule has 1 aromatic carbocycles. The van der Waals surface area contributed by atoms with Crippen LogP contribution in [-0.4, -0.2) is 19.0 Å². The molecule has 0 amide bonds. The lowest BCUT2D eigenvalue weighted by Crippen LogP contribution is -2.08. The molecule has 0 fully saturated rings. The Morgan fingerprint density at radius 3 is 2.29 bits per heavy atom. The van der Waals surface area contributed by atoms with Crippen LogP contribution in [0.15, 0.2) is 24.3 Å². The molecule has 1 rings (SSSR count). The summed E-state index contributed by atoms with van der Waals surface area (Å²) in [6.07, 6.45) is 3.60. The first-order chi connectivity index (χ1) is 8.30. The van der Waals surface area contributed by atoms with Crippen LogP contribution in [0, 0.1) is 5.92 Å². The van der Waals surface area contributed by atoms with Gasteiger partial charge in [0.1, 0.15) is 11.5 Å². The molecule has 17 heavy (non-hydrogen) atoms. The molecule has 0 aliphatic rings. The summed E-state index contributed by atoms with van der Waals surface area (Å²) in [7, 11) is 1.67. The van der Waals surface area contributed by atoms with Crippen LogP contribution in [0.25, 0.3) is 0 Å². The van der Waals surface area contributed by atoms with E-state index in [-0.39, 0.29) is 0 Å². The van der Waals surface area contributed by atoms with Crippen molar-refractivity contribution in [2.24, 2.45) is 5.92 Å². The molecular formula is C14H21BrO2. The van der Waals surface area contributed by atoms with Gasteiger partial charge in [-0.2, -0.15) is 0 Å². The summed E-state index contributed by atoms with van der Waals surface area (Å²) < 4.78 is 10.8. The Bertz CT molecular complexity index is 298. The molecule has 0 heterocycles. The normalized spacial score (nSPS) is 12.2. The molecule has 3 heteroatoms. The zero-order valence-electron chi connectivity index (χ0n) is 10.6. The SMILES string of the molecule is CCCC(CBr)CCOc1ccc(OC)cc1. The van der Waals surface area contributed by atoms with E-state index in [4.69, 9.17) is 9.47 Å². The fraction of sp³-hybridized carbons (Fsp3) is 0.571. The maximum absolute atomic E-state index is 5.71. The first-order valence-electron chi connectivity index (χ1n) is 6.13. The van der Waals surface area contributed by atoms with Gasteiger partial charge in [-0.25, -0.2) is 0 Å². The second-order valence-corrected chi connectivity index (χ2v) is 4.77. The Kier molecular flexibility index (Phi) is 7.10. The number of hydrogen-bond acceptors (Lipinski definition) is 2. The summed E-state index contributed by atoms with van der Waals surface area (Å²) in [4.78, 5) is 0. The third-order valence-corrected chi connectivity index (χ3v) is 3.69. The van der Waals surface area contributed by atoms with Crippen LogP contribution in [-0.2, 0) is 0 Å². The van der Waals surface area contributed by atoms with Crippen molar-refractivity contribution in [2.75, 3.05) is 19.0 Å². The maximum atomic E-state index is 5.71. The maximum Gasteiger partial charge on any atom is 0.119 e. The van der Waals surface area contributed by atoms with E-state index in [0.29, 0.717) is 0 Å². The van der Waals surface area contributed by atoms with Gasteiger partial charge in [0.05, 0.1) is 13.7 Å². The zero-order valence-corrected chi connectivity index (χ0v) is 12.2. The van der Waals surface area contributed by atoms with Crippen LogP contribution < -0.4 is 9.47 Å². The molecule has 0 radical (unpaired) electrons. The van der Waals surface area contributed by atoms with Crippen molar-refractivity contribution < 1.29 is 9.47 Å². The number of benzene rings is 1. The molecule has 2 nitrogen and oxygen atoms in total. The first kappa shape index (κ1) is 14.4. The van der Waals surface area contributed by atoms with E-state index < -0.39 is 0 Å². The molecule has 0 saturated carbocycles. The monoisotopic (exact) mass is 300 g/mol. The van der Waals surface area contributed by atoms with Gasteiger partial charge in [-0.05, 0) is 43.0 Å². The summed E-state index contributed by atoms with van der Waals surface area (Å²) in [6.45, 7) is 3.00. The van der Waals surface area contributed by atoms with Crippen LogP contribution in [0.1, 0.15) is 26.2 Å². The lowest BCUT2D eigenvalue weighted by atomic mass is 10.0. The van der Waals surface area contributed by atoms with Crippen molar-refractivity contribution in [3.8, 4) is 11.5 Å². The van der Waals surface area contributed by atoms with Gasteiger partial charge in [-0.1, -0.05) is 29.3 Å². The lowest BCUT2D eigenvalue weighted by Gasteiger charge is -2.13. The highest BCUT2D eigenvalue weighted by molar-refractivity contribution is 9.09. The number of halogens is 1. The van der Waals surface area contributed by atoms with E-state index in [1.54, 1.807) is 7.11 Å². The number of rotatable bonds is 8. The van der Waals surface area contributed by atoms with Gasteiger partial charge in [-0.15, -0.1) is 0 Å². The van der Waals surface area contributed by atoms with Gasteiger partial charge in [0, 0.05) is 5.33 Å². The number of ether oxygens (including phenoxy) is 2. The summed E-state index contributed by atoms with van der Waals surface area (Å²) in [6, 6.07) is 7.73. The third-order valence-electron chi connectivity index (χ3n) is 2.77. The number of hydrogen-bond donors (Lipinski definition) is 0. The third kappa shape index (κ3) is 5.44. The van der Waals surface area contributed by atoms with E-state index in [1.807, 2.05) is 24.3 Å². The van der Waals surface area contributed by atoms with E-state index >= 15 is 0 Å². The smallest absolute Gasteiger partial charge is 0.119 e. The van der Waals surface area contributed by atoms with E-state index in [2.05, 4.69) is 22.9 Å². The molecule has 0 aliphatic heterocycles. The van der Waals surface area contributed by atoms with Crippen molar-refractivity contribution in [3.63, 3.8) is 0 Å². The van der Waals surface area contributed by atoms with E-state index in [1.165, 1.54) is 12.8 Å². The second kappa shape index (κ2) is 8.40. The Morgan fingerprint density at radius 2 is 1.76 bits per heavy atom. The summed E-state index contributed by atoms with van der Waals surface area (Å²) >= 11 is 3.55. The fourth-order valence-electron chi connectivity index (χ4n) is 1.72. The second-order valence-electron chi connectivity index (χ2n) is 4.12. The molecular weight excluding hydrogens is 280 g/mol. The minimum Gasteiger partial charge on any atom is -0.497 e. The van der Waals surface area contributed by atoms with Gasteiger partial charge in [0.15, 0.2) is 0 Å². The van der Waals surface area contributed by atoms with Crippen LogP contribution in [0.3, 0.4) is 0 Å². The van der Waals surface area contributed by atoms with Gasteiger partial charge >= 0.3 is 0 Å². The standard InChI is InChI=1S/C14H21BrO2/c1-3-4-12(11-15)9-10-17-14-7-5-13(16-2)6-8-14/h5-8,12H,3-4,9-11H2,1-2H3. The summed E-state index contributed by atoms with van der Waals surface area (Å²) in [5, 5.41) is 1.06. The molecule has 0 N–H and O–H groups in total. The highest BCUT2D eigenvalue weighted by atomic mass is 79.9. The van der Waals surface area contributed by atoms with Crippen molar-refractivity contribution in [1.82, 2.24) is 0 Å². The molecule has 96 valence electrons.